The van der Waals surface area contributed by atoms with Crippen LogP contribution < -0.4 is 0 Å². The van der Waals surface area contributed by atoms with Gasteiger partial charge in [-0.2, -0.15) is 0 Å². The molecule has 0 radical (unpaired) electrons. The third kappa shape index (κ3) is 3.96. The molecular weight excluding hydrogens is 352 g/mol. The van der Waals surface area contributed by atoms with E-state index in [1.54, 1.807) is 20.1 Å². The lowest BCUT2D eigenvalue weighted by Gasteiger charge is -2.40. The van der Waals surface area contributed by atoms with E-state index in [0.717, 1.165) is 5.57 Å². The molecule has 28 heavy (non-hydrogen) atoms. The van der Waals surface area contributed by atoms with Crippen LogP contribution in [0.5, 0.6) is 0 Å². The van der Waals surface area contributed by atoms with Gasteiger partial charge in [0.05, 0.1) is 12.7 Å². The second-order valence-electron chi connectivity index (χ2n) is 8.20. The summed E-state index contributed by atoms with van der Waals surface area (Å²) in [5.74, 6) is -0.253. The van der Waals surface area contributed by atoms with Crippen LogP contribution in [-0.4, -0.2) is 24.0 Å². The summed E-state index contributed by atoms with van der Waals surface area (Å²) in [5.41, 5.74) is 3.01. The number of rotatable bonds is 6. The van der Waals surface area contributed by atoms with Gasteiger partial charge in [-0.25, -0.2) is 4.79 Å². The normalized spacial score (nSPS) is 19.5. The molecule has 1 N–H and O–H groups in total. The fourth-order valence-corrected chi connectivity index (χ4v) is 3.76. The van der Waals surface area contributed by atoms with Crippen LogP contribution in [0.1, 0.15) is 63.4 Å². The molecule has 1 aliphatic rings. The van der Waals surface area contributed by atoms with Gasteiger partial charge in [-0.3, -0.25) is 4.79 Å². The first kappa shape index (κ1) is 21.7. The van der Waals surface area contributed by atoms with Crippen molar-refractivity contribution in [2.45, 2.75) is 47.5 Å². The summed E-state index contributed by atoms with van der Waals surface area (Å²) < 4.78 is 5.58. The van der Waals surface area contributed by atoms with Gasteiger partial charge in [-0.15, -0.1) is 0 Å². The van der Waals surface area contributed by atoms with E-state index < -0.39 is 11.4 Å². The second-order valence-corrected chi connectivity index (χ2v) is 8.20. The maximum atomic E-state index is 12.7. The number of methoxy groups -OCH3 is 1. The molecule has 1 aromatic rings. The first-order chi connectivity index (χ1) is 13.0. The number of aliphatic carboxylic acids is 1. The van der Waals surface area contributed by atoms with Crippen LogP contribution in [0.25, 0.3) is 0 Å². The Labute approximate surface area is 167 Å². The lowest BCUT2D eigenvalue weighted by Crippen LogP contribution is -2.33. The van der Waals surface area contributed by atoms with Crippen molar-refractivity contribution in [2.75, 3.05) is 7.11 Å². The lowest BCUT2D eigenvalue weighted by atomic mass is 9.66. The number of hydrogen-bond donors (Lipinski definition) is 1. The van der Waals surface area contributed by atoms with E-state index in [4.69, 9.17) is 4.74 Å². The number of benzene rings is 1. The molecule has 1 atom stereocenters. The predicted octanol–water partition coefficient (Wildman–Crippen LogP) is 5.53. The molecule has 0 saturated carbocycles. The lowest BCUT2D eigenvalue weighted by molar-refractivity contribution is -0.132. The van der Waals surface area contributed by atoms with Crippen LogP contribution in [0.2, 0.25) is 0 Å². The van der Waals surface area contributed by atoms with Crippen molar-refractivity contribution in [2.24, 2.45) is 11.3 Å². The van der Waals surface area contributed by atoms with Crippen LogP contribution in [0.15, 0.2) is 58.9 Å². The van der Waals surface area contributed by atoms with Gasteiger partial charge in [0.2, 0.25) is 0 Å². The SMILES string of the molecule is COC1=C(C)C(C(=O)O)=C(C)C(C)(C)C1C=CC(=O)c1ccc(C(C)C)cc1. The van der Waals surface area contributed by atoms with E-state index in [1.165, 1.54) is 5.56 Å². The molecule has 0 fully saturated rings. The number of carboxylic acids is 1. The van der Waals surface area contributed by atoms with Gasteiger partial charge in [-0.1, -0.05) is 63.6 Å². The third-order valence-corrected chi connectivity index (χ3v) is 5.88. The number of allylic oxidation sites excluding steroid dienone is 3. The zero-order chi connectivity index (χ0) is 21.2. The van der Waals surface area contributed by atoms with Gasteiger partial charge in [0.1, 0.15) is 5.76 Å². The molecule has 0 spiro atoms. The Bertz CT molecular complexity index is 864. The molecule has 0 heterocycles. The van der Waals surface area contributed by atoms with Crippen LogP contribution in [0.3, 0.4) is 0 Å². The molecule has 0 saturated heterocycles. The summed E-state index contributed by atoms with van der Waals surface area (Å²) >= 11 is 0. The van der Waals surface area contributed by atoms with Crippen molar-refractivity contribution in [3.63, 3.8) is 0 Å². The molecule has 1 aromatic carbocycles. The number of carbonyl (C=O) groups excluding carboxylic acids is 1. The summed E-state index contributed by atoms with van der Waals surface area (Å²) in [6.07, 6.45) is 3.41. The smallest absolute Gasteiger partial charge is 0.336 e. The molecule has 1 aliphatic carbocycles. The molecule has 1 unspecified atom stereocenters. The van der Waals surface area contributed by atoms with E-state index in [9.17, 15) is 14.7 Å². The summed E-state index contributed by atoms with van der Waals surface area (Å²) in [5, 5.41) is 9.62. The Morgan fingerprint density at radius 3 is 2.18 bits per heavy atom. The van der Waals surface area contributed by atoms with Crippen molar-refractivity contribution < 1.29 is 19.4 Å². The molecule has 2 rings (SSSR count). The minimum absolute atomic E-state index is 0.0788. The predicted molar refractivity (Wildman–Crippen MR) is 111 cm³/mol. The average Bonchev–Trinajstić information content (AvgIpc) is 2.63. The van der Waals surface area contributed by atoms with Crippen LogP contribution in [0.4, 0.5) is 0 Å². The Hall–Kier alpha value is -2.62. The minimum atomic E-state index is -0.957. The van der Waals surface area contributed by atoms with Crippen LogP contribution in [-0.2, 0) is 9.53 Å². The van der Waals surface area contributed by atoms with E-state index in [1.807, 2.05) is 51.1 Å². The van der Waals surface area contributed by atoms with Crippen LogP contribution in [0, 0.1) is 11.3 Å². The highest BCUT2D eigenvalue weighted by Gasteiger charge is 2.41. The van der Waals surface area contributed by atoms with E-state index >= 15 is 0 Å². The Kier molecular flexibility index (Phi) is 6.33. The fourth-order valence-electron chi connectivity index (χ4n) is 3.76. The summed E-state index contributed by atoms with van der Waals surface area (Å²) in [6.45, 7) is 11.8. The molecule has 0 bridgehead atoms. The van der Waals surface area contributed by atoms with Crippen LogP contribution >= 0.6 is 0 Å². The molecule has 0 amide bonds. The summed E-state index contributed by atoms with van der Waals surface area (Å²) in [7, 11) is 1.54. The topological polar surface area (TPSA) is 63.6 Å². The highest BCUT2D eigenvalue weighted by atomic mass is 16.5. The number of carbonyl (C=O) groups is 2. The van der Waals surface area contributed by atoms with E-state index in [2.05, 4.69) is 13.8 Å². The van der Waals surface area contributed by atoms with E-state index in [-0.39, 0.29) is 11.7 Å². The Balaban J connectivity index is 2.38. The monoisotopic (exact) mass is 382 g/mol. The highest BCUT2D eigenvalue weighted by molar-refractivity contribution is 6.04. The second kappa shape index (κ2) is 8.17. The molecule has 0 aromatic heterocycles. The zero-order valence-corrected chi connectivity index (χ0v) is 17.8. The third-order valence-electron chi connectivity index (χ3n) is 5.88. The zero-order valence-electron chi connectivity index (χ0n) is 17.8. The number of carboxylic acid groups (broad SMARTS) is 1. The Morgan fingerprint density at radius 2 is 1.71 bits per heavy atom. The van der Waals surface area contributed by atoms with Crippen molar-refractivity contribution in [3.8, 4) is 0 Å². The van der Waals surface area contributed by atoms with Gasteiger partial charge >= 0.3 is 5.97 Å². The fraction of sp³-hybridized carbons (Fsp3) is 0.417. The maximum Gasteiger partial charge on any atom is 0.336 e. The van der Waals surface area contributed by atoms with Gasteiger partial charge in [0, 0.05) is 17.1 Å². The number of ketones is 1. The quantitative estimate of drug-likeness (QED) is 0.519. The maximum absolute atomic E-state index is 12.7. The summed E-state index contributed by atoms with van der Waals surface area (Å²) in [6, 6.07) is 7.65. The van der Waals surface area contributed by atoms with Gasteiger partial charge in [0.25, 0.3) is 0 Å². The Morgan fingerprint density at radius 1 is 1.14 bits per heavy atom. The molecular formula is C24H30O4. The summed E-state index contributed by atoms with van der Waals surface area (Å²) in [4.78, 5) is 24.4. The van der Waals surface area contributed by atoms with Gasteiger partial charge < -0.3 is 9.84 Å². The van der Waals surface area contributed by atoms with Gasteiger partial charge in [0.15, 0.2) is 5.78 Å². The largest absolute Gasteiger partial charge is 0.500 e. The molecule has 4 heteroatoms. The van der Waals surface area contributed by atoms with Gasteiger partial charge in [-0.05, 0) is 36.8 Å². The number of hydrogen-bond acceptors (Lipinski definition) is 3. The van der Waals surface area contributed by atoms with Crippen molar-refractivity contribution in [1.82, 2.24) is 0 Å². The first-order valence-electron chi connectivity index (χ1n) is 9.54. The minimum Gasteiger partial charge on any atom is -0.500 e. The van der Waals surface area contributed by atoms with Crippen molar-refractivity contribution in [3.05, 3.63) is 70.0 Å². The number of ether oxygens (including phenoxy) is 1. The molecule has 150 valence electrons. The van der Waals surface area contributed by atoms with Crippen molar-refractivity contribution >= 4 is 11.8 Å². The first-order valence-corrected chi connectivity index (χ1v) is 9.54. The highest BCUT2D eigenvalue weighted by Crippen LogP contribution is 2.48. The molecule has 4 nitrogen and oxygen atoms in total. The van der Waals surface area contributed by atoms with Crippen molar-refractivity contribution in [1.29, 1.82) is 0 Å². The van der Waals surface area contributed by atoms with E-state index in [0.29, 0.717) is 28.4 Å². The standard InChI is InChI=1S/C24H30O4/c1-14(2)17-8-10-18(11-9-17)20(25)13-12-19-22(28-7)15(3)21(23(26)27)16(4)24(19,5)6/h8-14,19H,1-7H3,(H,26,27). The molecule has 0 aliphatic heterocycles. The average molecular weight is 383 g/mol.